The zero-order chi connectivity index (χ0) is 14.0. The normalized spacial score (nSPS) is 20.1. The lowest BCUT2D eigenvalue weighted by Gasteiger charge is -2.16. The SMILES string of the molecule is CN(C)Cc1ccc(S(=O)(=O)N2CC[C@@H](N)C2)cc1.Cl. The smallest absolute Gasteiger partial charge is 0.243 e. The van der Waals surface area contributed by atoms with Gasteiger partial charge in [-0.25, -0.2) is 8.42 Å². The topological polar surface area (TPSA) is 66.6 Å². The lowest BCUT2D eigenvalue weighted by molar-refractivity contribution is 0.402. The summed E-state index contributed by atoms with van der Waals surface area (Å²) in [6.45, 7) is 1.74. The molecule has 0 aromatic heterocycles. The first kappa shape index (κ1) is 17.4. The first-order chi connectivity index (χ1) is 8.89. The van der Waals surface area contributed by atoms with E-state index < -0.39 is 10.0 Å². The lowest BCUT2D eigenvalue weighted by Crippen LogP contribution is -2.31. The van der Waals surface area contributed by atoms with Gasteiger partial charge < -0.3 is 10.6 Å². The quantitative estimate of drug-likeness (QED) is 0.895. The maximum atomic E-state index is 12.4. The second-order valence-corrected chi connectivity index (χ2v) is 7.23. The zero-order valence-electron chi connectivity index (χ0n) is 11.8. The summed E-state index contributed by atoms with van der Waals surface area (Å²) < 4.78 is 26.2. The van der Waals surface area contributed by atoms with Gasteiger partial charge in [-0.05, 0) is 38.2 Å². The molecule has 1 aromatic carbocycles. The van der Waals surface area contributed by atoms with Crippen LogP contribution in [-0.4, -0.2) is 50.8 Å². The summed E-state index contributed by atoms with van der Waals surface area (Å²) in [4.78, 5) is 2.40. The zero-order valence-corrected chi connectivity index (χ0v) is 13.5. The van der Waals surface area contributed by atoms with Gasteiger partial charge in [-0.15, -0.1) is 12.4 Å². The van der Waals surface area contributed by atoms with E-state index in [-0.39, 0.29) is 18.4 Å². The second-order valence-electron chi connectivity index (χ2n) is 5.29. The Bertz CT molecular complexity index is 531. The average Bonchev–Trinajstić information content (AvgIpc) is 2.76. The highest BCUT2D eigenvalue weighted by Gasteiger charge is 2.30. The second kappa shape index (κ2) is 6.87. The third kappa shape index (κ3) is 3.93. The molecule has 0 radical (unpaired) electrons. The van der Waals surface area contributed by atoms with E-state index in [1.165, 1.54) is 4.31 Å². The summed E-state index contributed by atoms with van der Waals surface area (Å²) in [6, 6.07) is 7.05. The molecule has 1 aromatic rings. The van der Waals surface area contributed by atoms with Crippen molar-refractivity contribution in [2.45, 2.75) is 23.9 Å². The predicted molar refractivity (Wildman–Crippen MR) is 82.4 cm³/mol. The van der Waals surface area contributed by atoms with Crippen LogP contribution >= 0.6 is 12.4 Å². The number of nitrogens with two attached hydrogens (primary N) is 1. The van der Waals surface area contributed by atoms with Gasteiger partial charge in [0.05, 0.1) is 4.90 Å². The molecule has 0 saturated carbocycles. The molecule has 1 aliphatic rings. The molecular weight excluding hydrogens is 298 g/mol. The molecule has 0 spiro atoms. The monoisotopic (exact) mass is 319 g/mol. The van der Waals surface area contributed by atoms with Gasteiger partial charge in [0.2, 0.25) is 10.0 Å². The average molecular weight is 320 g/mol. The Kier molecular flexibility index (Phi) is 5.97. The van der Waals surface area contributed by atoms with Crippen molar-refractivity contribution in [3.8, 4) is 0 Å². The maximum Gasteiger partial charge on any atom is 0.243 e. The van der Waals surface area contributed by atoms with Crippen LogP contribution in [0.2, 0.25) is 0 Å². The Morgan fingerprint density at radius 1 is 1.30 bits per heavy atom. The van der Waals surface area contributed by atoms with Crippen molar-refractivity contribution in [3.63, 3.8) is 0 Å². The van der Waals surface area contributed by atoms with Crippen molar-refractivity contribution in [1.29, 1.82) is 0 Å². The summed E-state index contributed by atoms with van der Waals surface area (Å²) in [5.74, 6) is 0. The first-order valence-corrected chi connectivity index (χ1v) is 7.83. The molecule has 1 aliphatic heterocycles. The molecule has 2 N–H and O–H groups in total. The molecule has 5 nitrogen and oxygen atoms in total. The molecule has 7 heteroatoms. The Hall–Kier alpha value is -0.660. The summed E-state index contributed by atoms with van der Waals surface area (Å²) >= 11 is 0. The van der Waals surface area contributed by atoms with E-state index >= 15 is 0 Å². The fraction of sp³-hybridized carbons (Fsp3) is 0.538. The summed E-state index contributed by atoms with van der Waals surface area (Å²) in [5.41, 5.74) is 6.87. The summed E-state index contributed by atoms with van der Waals surface area (Å²) in [7, 11) is 0.588. The van der Waals surface area contributed by atoms with Crippen LogP contribution < -0.4 is 5.73 Å². The van der Waals surface area contributed by atoms with Gasteiger partial charge in [0.1, 0.15) is 0 Å². The molecule has 0 unspecified atom stereocenters. The highest BCUT2D eigenvalue weighted by Crippen LogP contribution is 2.20. The van der Waals surface area contributed by atoms with Crippen LogP contribution in [0, 0.1) is 0 Å². The summed E-state index contributed by atoms with van der Waals surface area (Å²) in [6.07, 6.45) is 0.734. The van der Waals surface area contributed by atoms with E-state index in [9.17, 15) is 8.42 Å². The van der Waals surface area contributed by atoms with Gasteiger partial charge in [0, 0.05) is 25.7 Å². The molecule has 1 heterocycles. The van der Waals surface area contributed by atoms with E-state index in [0.717, 1.165) is 18.5 Å². The third-order valence-corrected chi connectivity index (χ3v) is 5.13. The van der Waals surface area contributed by atoms with Crippen LogP contribution in [0.15, 0.2) is 29.2 Å². The van der Waals surface area contributed by atoms with Crippen LogP contribution in [0.1, 0.15) is 12.0 Å². The maximum absolute atomic E-state index is 12.4. The van der Waals surface area contributed by atoms with Crippen LogP contribution in [0.4, 0.5) is 0 Å². The Balaban J connectivity index is 0.00000200. The highest BCUT2D eigenvalue weighted by atomic mass is 35.5. The van der Waals surface area contributed by atoms with Crippen LogP contribution in [0.5, 0.6) is 0 Å². The van der Waals surface area contributed by atoms with Crippen molar-refractivity contribution in [1.82, 2.24) is 9.21 Å². The third-order valence-electron chi connectivity index (χ3n) is 3.25. The van der Waals surface area contributed by atoms with E-state index in [0.29, 0.717) is 18.0 Å². The minimum Gasteiger partial charge on any atom is -0.326 e. The number of hydrogen-bond donors (Lipinski definition) is 1. The summed E-state index contributed by atoms with van der Waals surface area (Å²) in [5, 5.41) is 0. The van der Waals surface area contributed by atoms with Crippen molar-refractivity contribution < 1.29 is 8.42 Å². The van der Waals surface area contributed by atoms with Crippen LogP contribution in [0.3, 0.4) is 0 Å². The van der Waals surface area contributed by atoms with E-state index in [4.69, 9.17) is 5.73 Å². The van der Waals surface area contributed by atoms with Crippen molar-refractivity contribution in [2.75, 3.05) is 27.2 Å². The number of halogens is 1. The lowest BCUT2D eigenvalue weighted by atomic mass is 10.2. The van der Waals surface area contributed by atoms with E-state index in [1.54, 1.807) is 12.1 Å². The van der Waals surface area contributed by atoms with Gasteiger partial charge in [-0.1, -0.05) is 12.1 Å². The van der Waals surface area contributed by atoms with Gasteiger partial charge in [-0.2, -0.15) is 4.31 Å². The molecular formula is C13H22ClN3O2S. The largest absolute Gasteiger partial charge is 0.326 e. The van der Waals surface area contributed by atoms with E-state index in [2.05, 4.69) is 0 Å². The number of rotatable bonds is 4. The highest BCUT2D eigenvalue weighted by molar-refractivity contribution is 7.89. The minimum atomic E-state index is -3.38. The number of hydrogen-bond acceptors (Lipinski definition) is 4. The fourth-order valence-electron chi connectivity index (χ4n) is 2.25. The minimum absolute atomic E-state index is 0. The van der Waals surface area contributed by atoms with Crippen molar-refractivity contribution >= 4 is 22.4 Å². The van der Waals surface area contributed by atoms with Gasteiger partial charge in [0.25, 0.3) is 0 Å². The molecule has 1 fully saturated rings. The number of sulfonamides is 1. The Morgan fingerprint density at radius 3 is 2.35 bits per heavy atom. The van der Waals surface area contributed by atoms with Crippen LogP contribution in [-0.2, 0) is 16.6 Å². The van der Waals surface area contributed by atoms with Crippen LogP contribution in [0.25, 0.3) is 0 Å². The molecule has 0 aliphatic carbocycles. The molecule has 20 heavy (non-hydrogen) atoms. The van der Waals surface area contributed by atoms with Gasteiger partial charge >= 0.3 is 0 Å². The Labute approximate surface area is 127 Å². The van der Waals surface area contributed by atoms with Crippen molar-refractivity contribution in [2.24, 2.45) is 5.73 Å². The predicted octanol–water partition coefficient (Wildman–Crippen LogP) is 0.892. The molecule has 1 atom stereocenters. The van der Waals surface area contributed by atoms with Gasteiger partial charge in [0.15, 0.2) is 0 Å². The molecule has 0 amide bonds. The standard InChI is InChI=1S/C13H21N3O2S.ClH/c1-15(2)9-11-3-5-13(6-4-11)19(17,18)16-8-7-12(14)10-16;/h3-6,12H,7-10,14H2,1-2H3;1H/t12-;/m1./s1. The first-order valence-electron chi connectivity index (χ1n) is 6.39. The number of benzene rings is 1. The molecule has 1 saturated heterocycles. The molecule has 0 bridgehead atoms. The van der Waals surface area contributed by atoms with E-state index in [1.807, 2.05) is 31.1 Å². The fourth-order valence-corrected chi connectivity index (χ4v) is 3.76. The molecule has 2 rings (SSSR count). The van der Waals surface area contributed by atoms with Crippen molar-refractivity contribution in [3.05, 3.63) is 29.8 Å². The molecule has 114 valence electrons. The number of nitrogens with zero attached hydrogens (tertiary/aromatic N) is 2. The van der Waals surface area contributed by atoms with Gasteiger partial charge in [-0.3, -0.25) is 0 Å². The Morgan fingerprint density at radius 2 is 1.90 bits per heavy atom.